The van der Waals surface area contributed by atoms with E-state index in [1.807, 2.05) is 0 Å². The fraction of sp³-hybridized carbons (Fsp3) is 0.444. The van der Waals surface area contributed by atoms with Crippen LogP contribution >= 0.6 is 0 Å². The molecule has 3 aliphatic rings. The summed E-state index contributed by atoms with van der Waals surface area (Å²) >= 11 is 0. The van der Waals surface area contributed by atoms with Crippen LogP contribution in [0.2, 0.25) is 0 Å². The van der Waals surface area contributed by atoms with Crippen molar-refractivity contribution in [3.8, 4) is 6.07 Å². The first kappa shape index (κ1) is 4.73. The molecule has 0 N–H and O–H groups in total. The number of allylic oxidation sites excluding steroid dienone is 4. The Kier molecular flexibility index (Phi) is 0.509. The van der Waals surface area contributed by atoms with Gasteiger partial charge in [-0.2, -0.15) is 5.26 Å². The minimum Gasteiger partial charge on any atom is -0.197 e. The van der Waals surface area contributed by atoms with E-state index in [9.17, 15) is 0 Å². The fourth-order valence-electron chi connectivity index (χ4n) is 2.46. The monoisotopic (exact) mass is 129 g/mol. The van der Waals surface area contributed by atoms with Crippen LogP contribution in [-0.2, 0) is 0 Å². The van der Waals surface area contributed by atoms with Crippen molar-refractivity contribution in [3.05, 3.63) is 24.3 Å². The van der Waals surface area contributed by atoms with Gasteiger partial charge in [0.05, 0.1) is 11.5 Å². The molecule has 0 aliphatic heterocycles. The van der Waals surface area contributed by atoms with Crippen molar-refractivity contribution in [2.75, 3.05) is 0 Å². The summed E-state index contributed by atoms with van der Waals surface area (Å²) in [5.74, 6) is 2.09. The zero-order valence-corrected chi connectivity index (χ0v) is 5.49. The molecule has 1 saturated carbocycles. The van der Waals surface area contributed by atoms with Gasteiger partial charge in [0.2, 0.25) is 0 Å². The molecular weight excluding hydrogens is 122 g/mol. The van der Waals surface area contributed by atoms with Gasteiger partial charge < -0.3 is 0 Å². The molecular formula is C9H7N. The molecule has 1 fully saturated rings. The van der Waals surface area contributed by atoms with Crippen molar-refractivity contribution in [2.24, 2.45) is 23.2 Å². The SMILES string of the molecule is N#CC12C=CC3C(C=C1)C32. The second-order valence-electron chi connectivity index (χ2n) is 3.44. The summed E-state index contributed by atoms with van der Waals surface area (Å²) in [6.45, 7) is 0. The minimum absolute atomic E-state index is 0.171. The van der Waals surface area contributed by atoms with Crippen LogP contribution < -0.4 is 0 Å². The van der Waals surface area contributed by atoms with Crippen LogP contribution in [0.15, 0.2) is 24.3 Å². The van der Waals surface area contributed by atoms with Crippen LogP contribution in [-0.4, -0.2) is 0 Å². The third-order valence-electron chi connectivity index (χ3n) is 3.07. The predicted octanol–water partition coefficient (Wildman–Crippen LogP) is 1.50. The van der Waals surface area contributed by atoms with Crippen LogP contribution in [0.3, 0.4) is 0 Å². The Hall–Kier alpha value is -1.03. The molecule has 3 rings (SSSR count). The molecule has 0 radical (unpaired) electrons. The van der Waals surface area contributed by atoms with Gasteiger partial charge in [-0.15, -0.1) is 0 Å². The van der Waals surface area contributed by atoms with E-state index in [-0.39, 0.29) is 5.41 Å². The largest absolute Gasteiger partial charge is 0.197 e. The number of hydrogen-bond acceptors (Lipinski definition) is 1. The van der Waals surface area contributed by atoms with E-state index < -0.39 is 0 Å². The van der Waals surface area contributed by atoms with E-state index in [4.69, 9.17) is 5.26 Å². The molecule has 1 nitrogen and oxygen atoms in total. The number of nitrogens with zero attached hydrogens (tertiary/aromatic N) is 1. The molecule has 1 heteroatoms. The molecule has 48 valence electrons. The highest BCUT2D eigenvalue weighted by Crippen LogP contribution is 2.67. The molecule has 0 bridgehead atoms. The summed E-state index contributed by atoms with van der Waals surface area (Å²) < 4.78 is 0. The number of hydrogen-bond donors (Lipinski definition) is 0. The van der Waals surface area contributed by atoms with Gasteiger partial charge in [0.15, 0.2) is 0 Å². The minimum atomic E-state index is -0.171. The Bertz CT molecular complexity index is 272. The Morgan fingerprint density at radius 1 is 1.20 bits per heavy atom. The normalized spacial score (nSPS) is 58.5. The first-order chi connectivity index (χ1) is 4.87. The van der Waals surface area contributed by atoms with Crippen LogP contribution in [0.25, 0.3) is 0 Å². The number of rotatable bonds is 0. The Labute approximate surface area is 59.7 Å². The van der Waals surface area contributed by atoms with Gasteiger partial charge in [-0.3, -0.25) is 0 Å². The van der Waals surface area contributed by atoms with E-state index in [0.29, 0.717) is 5.92 Å². The molecule has 0 amide bonds. The van der Waals surface area contributed by atoms with Gasteiger partial charge in [-0.05, 0) is 17.8 Å². The lowest BCUT2D eigenvalue weighted by molar-refractivity contribution is 0.567. The molecule has 2 atom stereocenters. The summed E-state index contributed by atoms with van der Waals surface area (Å²) in [6.07, 6.45) is 8.56. The molecule has 0 aromatic heterocycles. The summed E-state index contributed by atoms with van der Waals surface area (Å²) in [5.41, 5.74) is -0.171. The van der Waals surface area contributed by atoms with Crippen LogP contribution in [0.5, 0.6) is 0 Å². The first-order valence-corrected chi connectivity index (χ1v) is 3.67. The van der Waals surface area contributed by atoms with Gasteiger partial charge in [-0.25, -0.2) is 0 Å². The maximum absolute atomic E-state index is 8.89. The summed E-state index contributed by atoms with van der Waals surface area (Å²) in [7, 11) is 0. The second kappa shape index (κ2) is 1.08. The molecule has 0 heterocycles. The average Bonchev–Trinajstić information content (AvgIpc) is 2.43. The third-order valence-corrected chi connectivity index (χ3v) is 3.07. The number of fused-ring (bicyclic) bond motifs is 1. The first-order valence-electron chi connectivity index (χ1n) is 3.67. The number of nitriles is 1. The molecule has 3 aliphatic carbocycles. The Morgan fingerprint density at radius 2 is 1.80 bits per heavy atom. The summed E-state index contributed by atoms with van der Waals surface area (Å²) in [4.78, 5) is 0. The highest BCUT2D eigenvalue weighted by atomic mass is 14.7. The van der Waals surface area contributed by atoms with Crippen LogP contribution in [0.1, 0.15) is 0 Å². The van der Waals surface area contributed by atoms with E-state index in [1.165, 1.54) is 0 Å². The zero-order valence-electron chi connectivity index (χ0n) is 5.49. The zero-order chi connectivity index (χ0) is 6.77. The average molecular weight is 129 g/mol. The van der Waals surface area contributed by atoms with E-state index >= 15 is 0 Å². The Morgan fingerprint density at radius 3 is 2.20 bits per heavy atom. The van der Waals surface area contributed by atoms with E-state index in [0.717, 1.165) is 11.8 Å². The van der Waals surface area contributed by atoms with Crippen molar-refractivity contribution < 1.29 is 0 Å². The van der Waals surface area contributed by atoms with Gasteiger partial charge in [0.1, 0.15) is 0 Å². The lowest BCUT2D eigenvalue weighted by Crippen LogP contribution is -2.10. The van der Waals surface area contributed by atoms with Crippen LogP contribution in [0.4, 0.5) is 0 Å². The third kappa shape index (κ3) is 0.277. The van der Waals surface area contributed by atoms with E-state index in [2.05, 4.69) is 30.4 Å². The van der Waals surface area contributed by atoms with Crippen molar-refractivity contribution in [1.82, 2.24) is 0 Å². The maximum Gasteiger partial charge on any atom is 0.0973 e. The Balaban J connectivity index is 2.23. The molecule has 0 aromatic carbocycles. The smallest absolute Gasteiger partial charge is 0.0973 e. The predicted molar refractivity (Wildman–Crippen MR) is 36.8 cm³/mol. The highest BCUT2D eigenvalue weighted by molar-refractivity contribution is 5.45. The summed E-state index contributed by atoms with van der Waals surface area (Å²) in [5, 5.41) is 8.89. The van der Waals surface area contributed by atoms with Crippen molar-refractivity contribution >= 4 is 0 Å². The molecule has 10 heavy (non-hydrogen) atoms. The molecule has 2 unspecified atom stereocenters. The van der Waals surface area contributed by atoms with Crippen molar-refractivity contribution in [3.63, 3.8) is 0 Å². The quantitative estimate of drug-likeness (QED) is 0.455. The highest BCUT2D eigenvalue weighted by Gasteiger charge is 2.64. The van der Waals surface area contributed by atoms with E-state index in [1.54, 1.807) is 0 Å². The van der Waals surface area contributed by atoms with Gasteiger partial charge in [0.25, 0.3) is 0 Å². The molecule has 0 aromatic rings. The maximum atomic E-state index is 8.89. The summed E-state index contributed by atoms with van der Waals surface area (Å²) in [6, 6.07) is 2.39. The van der Waals surface area contributed by atoms with Gasteiger partial charge in [-0.1, -0.05) is 24.3 Å². The van der Waals surface area contributed by atoms with Crippen LogP contribution in [0, 0.1) is 34.5 Å². The molecule has 0 saturated heterocycles. The molecule has 0 spiro atoms. The lowest BCUT2D eigenvalue weighted by Gasteiger charge is -2.10. The van der Waals surface area contributed by atoms with Crippen molar-refractivity contribution in [1.29, 1.82) is 5.26 Å². The topological polar surface area (TPSA) is 23.8 Å². The fourth-order valence-corrected chi connectivity index (χ4v) is 2.46. The standard InChI is InChI=1S/C9H7N/c10-5-9-3-1-6-7(2-4-9)8(6)9/h1-4,6-8H. The van der Waals surface area contributed by atoms with Gasteiger partial charge in [0, 0.05) is 0 Å². The van der Waals surface area contributed by atoms with Crippen molar-refractivity contribution in [2.45, 2.75) is 0 Å². The second-order valence-corrected chi connectivity index (χ2v) is 3.44. The lowest BCUT2D eigenvalue weighted by atomic mass is 9.89. The van der Waals surface area contributed by atoms with Gasteiger partial charge >= 0.3 is 0 Å².